The Morgan fingerprint density at radius 1 is 1.22 bits per heavy atom. The minimum Gasteiger partial charge on any atom is -0.366 e. The average molecular weight is 371 g/mol. The number of hydrogen-bond acceptors (Lipinski definition) is 6. The summed E-state index contributed by atoms with van der Waals surface area (Å²) in [5.41, 5.74) is 0.558. The lowest BCUT2D eigenvalue weighted by atomic mass is 10.2. The van der Waals surface area contributed by atoms with Crippen LogP contribution < -0.4 is 10.9 Å². The molecule has 0 spiro atoms. The number of hydrogen-bond donors (Lipinski definition) is 2. The smallest absolute Gasteiger partial charge is 0.258 e. The number of carbonyl (C=O) groups is 1. The van der Waals surface area contributed by atoms with Gasteiger partial charge in [0.15, 0.2) is 0 Å². The molecule has 1 aromatic carbocycles. The first kappa shape index (κ1) is 18.1. The Bertz CT molecular complexity index is 860. The lowest BCUT2D eigenvalue weighted by molar-refractivity contribution is -0.149. The fourth-order valence-electron chi connectivity index (χ4n) is 3.69. The second kappa shape index (κ2) is 8.16. The minimum atomic E-state index is -0.455. The summed E-state index contributed by atoms with van der Waals surface area (Å²) in [6, 6.07) is 7.31. The van der Waals surface area contributed by atoms with E-state index in [4.69, 9.17) is 4.74 Å². The maximum Gasteiger partial charge on any atom is 0.258 e. The summed E-state index contributed by atoms with van der Waals surface area (Å²) in [7, 11) is 0. The van der Waals surface area contributed by atoms with Crippen LogP contribution >= 0.6 is 0 Å². The summed E-state index contributed by atoms with van der Waals surface area (Å²) in [6.07, 6.45) is 0.508. The zero-order valence-electron chi connectivity index (χ0n) is 15.3. The van der Waals surface area contributed by atoms with Crippen LogP contribution in [-0.2, 0) is 16.1 Å². The van der Waals surface area contributed by atoms with E-state index in [2.05, 4.69) is 20.2 Å². The zero-order valence-corrected chi connectivity index (χ0v) is 15.3. The number of amides is 1. The van der Waals surface area contributed by atoms with Crippen molar-refractivity contribution >= 4 is 16.8 Å². The molecule has 8 nitrogen and oxygen atoms in total. The van der Waals surface area contributed by atoms with E-state index < -0.39 is 6.10 Å². The van der Waals surface area contributed by atoms with Crippen molar-refractivity contribution in [3.8, 4) is 0 Å². The molecule has 8 heteroatoms. The SMILES string of the molecule is O=C([C@H]1CN(Cc2nc3ccccc3c(=O)[nH]2)CCO1)N1CCCNCC1. The fourth-order valence-corrected chi connectivity index (χ4v) is 3.69. The van der Waals surface area contributed by atoms with Crippen LogP contribution in [-0.4, -0.2) is 77.7 Å². The first-order valence-corrected chi connectivity index (χ1v) is 9.52. The van der Waals surface area contributed by atoms with Gasteiger partial charge in [0.2, 0.25) is 0 Å². The highest BCUT2D eigenvalue weighted by Crippen LogP contribution is 2.13. The van der Waals surface area contributed by atoms with Gasteiger partial charge in [0.1, 0.15) is 11.9 Å². The van der Waals surface area contributed by atoms with Crippen LogP contribution in [0.15, 0.2) is 29.1 Å². The molecule has 1 atom stereocenters. The Balaban J connectivity index is 1.44. The van der Waals surface area contributed by atoms with Crippen LogP contribution in [0.4, 0.5) is 0 Å². The molecule has 2 aromatic rings. The zero-order chi connectivity index (χ0) is 18.6. The standard InChI is InChI=1S/C19H25N5O3/c25-18-14-4-1-2-5-15(14)21-17(22-18)13-23-10-11-27-16(12-23)19(26)24-8-3-6-20-7-9-24/h1-2,4-5,16,20H,3,6-13H2,(H,21,22,25)/t16-/m1/s1. The normalized spacial score (nSPS) is 21.9. The molecule has 2 saturated heterocycles. The van der Waals surface area contributed by atoms with Gasteiger partial charge in [-0.3, -0.25) is 14.5 Å². The van der Waals surface area contributed by atoms with Gasteiger partial charge in [-0.2, -0.15) is 0 Å². The molecule has 0 aliphatic carbocycles. The van der Waals surface area contributed by atoms with Gasteiger partial charge in [-0.05, 0) is 25.1 Å². The summed E-state index contributed by atoms with van der Waals surface area (Å²) in [6.45, 7) is 5.48. The molecular weight excluding hydrogens is 346 g/mol. The second-order valence-electron chi connectivity index (χ2n) is 7.05. The number of ether oxygens (including phenoxy) is 1. The van der Waals surface area contributed by atoms with E-state index >= 15 is 0 Å². The van der Waals surface area contributed by atoms with Gasteiger partial charge in [0, 0.05) is 32.7 Å². The van der Waals surface area contributed by atoms with E-state index in [0.29, 0.717) is 43.0 Å². The first-order chi connectivity index (χ1) is 13.2. The number of nitrogens with one attached hydrogen (secondary N) is 2. The molecule has 2 aliphatic rings. The van der Waals surface area contributed by atoms with Gasteiger partial charge in [-0.25, -0.2) is 4.98 Å². The van der Waals surface area contributed by atoms with Crippen LogP contribution in [0.1, 0.15) is 12.2 Å². The Hall–Kier alpha value is -2.29. The largest absolute Gasteiger partial charge is 0.366 e. The third kappa shape index (κ3) is 4.18. The van der Waals surface area contributed by atoms with Gasteiger partial charge in [-0.1, -0.05) is 12.1 Å². The van der Waals surface area contributed by atoms with Crippen molar-refractivity contribution in [3.05, 3.63) is 40.4 Å². The molecule has 27 heavy (non-hydrogen) atoms. The topological polar surface area (TPSA) is 90.6 Å². The number of fused-ring (bicyclic) bond motifs is 1. The van der Waals surface area contributed by atoms with Gasteiger partial charge in [0.25, 0.3) is 11.5 Å². The molecule has 1 amide bonds. The second-order valence-corrected chi connectivity index (χ2v) is 7.05. The maximum absolute atomic E-state index is 12.8. The van der Waals surface area contributed by atoms with Gasteiger partial charge >= 0.3 is 0 Å². The predicted octanol–water partition coefficient (Wildman–Crippen LogP) is -0.0542. The number of para-hydroxylation sites is 1. The number of morpholine rings is 1. The van der Waals surface area contributed by atoms with Crippen LogP contribution in [0, 0.1) is 0 Å². The van der Waals surface area contributed by atoms with Crippen molar-refractivity contribution in [2.45, 2.75) is 19.1 Å². The molecule has 0 unspecified atom stereocenters. The number of nitrogens with zero attached hydrogens (tertiary/aromatic N) is 3. The number of benzene rings is 1. The van der Waals surface area contributed by atoms with Gasteiger partial charge in [-0.15, -0.1) is 0 Å². The number of aromatic amines is 1. The summed E-state index contributed by atoms with van der Waals surface area (Å²) in [4.78, 5) is 36.5. The molecule has 4 rings (SSSR count). The lowest BCUT2D eigenvalue weighted by Gasteiger charge is -2.34. The maximum atomic E-state index is 12.8. The van der Waals surface area contributed by atoms with E-state index in [1.165, 1.54) is 0 Å². The number of aromatic nitrogens is 2. The van der Waals surface area contributed by atoms with Crippen molar-refractivity contribution < 1.29 is 9.53 Å². The van der Waals surface area contributed by atoms with Crippen molar-refractivity contribution in [1.29, 1.82) is 0 Å². The van der Waals surface area contributed by atoms with Gasteiger partial charge in [0.05, 0.1) is 24.1 Å². The monoisotopic (exact) mass is 371 g/mol. The molecule has 144 valence electrons. The highest BCUT2D eigenvalue weighted by atomic mass is 16.5. The summed E-state index contributed by atoms with van der Waals surface area (Å²) >= 11 is 0. The molecule has 0 saturated carbocycles. The quantitative estimate of drug-likeness (QED) is 0.786. The van der Waals surface area contributed by atoms with E-state index in [1.807, 2.05) is 23.1 Å². The first-order valence-electron chi connectivity index (χ1n) is 9.52. The summed E-state index contributed by atoms with van der Waals surface area (Å²) in [5.74, 6) is 0.675. The van der Waals surface area contributed by atoms with Crippen molar-refractivity contribution in [2.24, 2.45) is 0 Å². The predicted molar refractivity (Wildman–Crippen MR) is 101 cm³/mol. The average Bonchev–Trinajstić information content (AvgIpc) is 2.97. The number of rotatable bonds is 3. The minimum absolute atomic E-state index is 0.0587. The number of carbonyl (C=O) groups excluding carboxylic acids is 1. The fraction of sp³-hybridized carbons (Fsp3) is 0.526. The van der Waals surface area contributed by atoms with E-state index in [1.54, 1.807) is 6.07 Å². The third-order valence-corrected chi connectivity index (χ3v) is 5.11. The van der Waals surface area contributed by atoms with Gasteiger partial charge < -0.3 is 19.9 Å². The molecule has 1 aromatic heterocycles. The highest BCUT2D eigenvalue weighted by molar-refractivity contribution is 5.81. The van der Waals surface area contributed by atoms with E-state index in [-0.39, 0.29) is 11.5 Å². The van der Waals surface area contributed by atoms with Crippen LogP contribution in [0.3, 0.4) is 0 Å². The molecule has 0 radical (unpaired) electrons. The third-order valence-electron chi connectivity index (χ3n) is 5.11. The molecule has 0 bridgehead atoms. The Labute approximate surface area is 157 Å². The van der Waals surface area contributed by atoms with Crippen molar-refractivity contribution in [1.82, 2.24) is 25.1 Å². The molecular formula is C19H25N5O3. The molecule has 2 aliphatic heterocycles. The Morgan fingerprint density at radius 2 is 2.11 bits per heavy atom. The molecule has 3 heterocycles. The highest BCUT2D eigenvalue weighted by Gasteiger charge is 2.30. The van der Waals surface area contributed by atoms with E-state index in [9.17, 15) is 9.59 Å². The number of H-pyrrole nitrogens is 1. The van der Waals surface area contributed by atoms with Crippen LogP contribution in [0.5, 0.6) is 0 Å². The van der Waals surface area contributed by atoms with Crippen molar-refractivity contribution in [2.75, 3.05) is 45.9 Å². The Morgan fingerprint density at radius 3 is 3.04 bits per heavy atom. The van der Waals surface area contributed by atoms with Crippen LogP contribution in [0.2, 0.25) is 0 Å². The van der Waals surface area contributed by atoms with Crippen LogP contribution in [0.25, 0.3) is 10.9 Å². The van der Waals surface area contributed by atoms with Crippen molar-refractivity contribution in [3.63, 3.8) is 0 Å². The molecule has 2 N–H and O–H groups in total. The summed E-state index contributed by atoms with van der Waals surface area (Å²) < 4.78 is 5.75. The summed E-state index contributed by atoms with van der Waals surface area (Å²) in [5, 5.41) is 3.90. The lowest BCUT2D eigenvalue weighted by Crippen LogP contribution is -2.51. The molecule has 2 fully saturated rings. The van der Waals surface area contributed by atoms with E-state index in [0.717, 1.165) is 32.6 Å². The Kier molecular flexibility index (Phi) is 5.47.